The van der Waals surface area contributed by atoms with Gasteiger partial charge in [0.25, 0.3) is 5.91 Å². The molecule has 5 heteroatoms. The fourth-order valence-electron chi connectivity index (χ4n) is 2.91. The van der Waals surface area contributed by atoms with E-state index in [4.69, 9.17) is 14.2 Å². The molecule has 0 fully saturated rings. The topological polar surface area (TPSA) is 56.8 Å². The van der Waals surface area contributed by atoms with E-state index in [0.29, 0.717) is 30.2 Å². The molecule has 1 amide bonds. The number of nitrogens with one attached hydrogen (secondary N) is 1. The number of benzene rings is 2. The van der Waals surface area contributed by atoms with E-state index in [1.165, 1.54) is 12.7 Å². The van der Waals surface area contributed by atoms with Crippen LogP contribution in [0.1, 0.15) is 27.6 Å². The lowest BCUT2D eigenvalue weighted by Crippen LogP contribution is -2.32. The third-order valence-corrected chi connectivity index (χ3v) is 4.19. The Hall–Kier alpha value is -2.53. The molecular weight excluding hydrogens is 306 g/mol. The first-order valence-corrected chi connectivity index (χ1v) is 7.92. The molecule has 24 heavy (non-hydrogen) atoms. The Bertz CT molecular complexity index is 729. The molecule has 0 unspecified atom stereocenters. The third kappa shape index (κ3) is 3.36. The fraction of sp³-hybridized carbons (Fsp3) is 0.316. The van der Waals surface area contributed by atoms with Crippen LogP contribution in [-0.2, 0) is 11.2 Å². The minimum absolute atomic E-state index is 0.122. The molecule has 0 saturated heterocycles. The largest absolute Gasteiger partial charge is 0.497 e. The van der Waals surface area contributed by atoms with Crippen molar-refractivity contribution in [2.45, 2.75) is 12.5 Å². The van der Waals surface area contributed by atoms with Gasteiger partial charge in [0.15, 0.2) is 0 Å². The molecule has 0 aromatic heterocycles. The van der Waals surface area contributed by atoms with Crippen LogP contribution in [0.25, 0.3) is 0 Å². The van der Waals surface area contributed by atoms with Crippen LogP contribution in [0, 0.1) is 0 Å². The summed E-state index contributed by atoms with van der Waals surface area (Å²) < 4.78 is 16.3. The van der Waals surface area contributed by atoms with E-state index < -0.39 is 0 Å². The van der Waals surface area contributed by atoms with Crippen molar-refractivity contribution >= 4 is 5.91 Å². The number of rotatable bonds is 5. The Morgan fingerprint density at radius 3 is 2.83 bits per heavy atom. The highest BCUT2D eigenvalue weighted by atomic mass is 16.5. The second-order valence-electron chi connectivity index (χ2n) is 5.58. The second kappa shape index (κ2) is 7.36. The molecule has 0 aliphatic carbocycles. The van der Waals surface area contributed by atoms with Crippen molar-refractivity contribution in [3.63, 3.8) is 0 Å². The van der Waals surface area contributed by atoms with Crippen LogP contribution in [0.15, 0.2) is 42.5 Å². The van der Waals surface area contributed by atoms with Gasteiger partial charge in [-0.05, 0) is 29.7 Å². The zero-order valence-electron chi connectivity index (χ0n) is 13.9. The van der Waals surface area contributed by atoms with Gasteiger partial charge in [0, 0.05) is 12.6 Å². The van der Waals surface area contributed by atoms with Crippen LogP contribution in [0.5, 0.6) is 11.5 Å². The van der Waals surface area contributed by atoms with Gasteiger partial charge in [0.1, 0.15) is 17.6 Å². The normalized spacial score (nSPS) is 16.2. The van der Waals surface area contributed by atoms with Gasteiger partial charge in [0.05, 0.1) is 26.4 Å². The van der Waals surface area contributed by atoms with Crippen LogP contribution >= 0.6 is 0 Å². The van der Waals surface area contributed by atoms with Gasteiger partial charge in [0.2, 0.25) is 0 Å². The highest BCUT2D eigenvalue weighted by molar-refractivity contribution is 5.97. The van der Waals surface area contributed by atoms with E-state index in [1.54, 1.807) is 25.3 Å². The maximum Gasteiger partial charge on any atom is 0.255 e. The van der Waals surface area contributed by atoms with Crippen LogP contribution in [0.4, 0.5) is 0 Å². The average Bonchev–Trinajstić information content (AvgIpc) is 2.65. The highest BCUT2D eigenvalue weighted by Crippen LogP contribution is 2.27. The molecule has 0 bridgehead atoms. The summed E-state index contributed by atoms with van der Waals surface area (Å²) in [7, 11) is 3.11. The quantitative estimate of drug-likeness (QED) is 0.917. The summed E-state index contributed by atoms with van der Waals surface area (Å²) in [6.45, 7) is 1.09. The van der Waals surface area contributed by atoms with Crippen LogP contribution in [0.2, 0.25) is 0 Å². The van der Waals surface area contributed by atoms with Crippen molar-refractivity contribution in [3.8, 4) is 11.5 Å². The Balaban J connectivity index is 1.71. The molecule has 1 heterocycles. The number of hydrogen-bond donors (Lipinski definition) is 1. The fourth-order valence-corrected chi connectivity index (χ4v) is 2.91. The molecular formula is C19H21NO4. The van der Waals surface area contributed by atoms with E-state index in [1.807, 2.05) is 12.1 Å². The third-order valence-electron chi connectivity index (χ3n) is 4.19. The van der Waals surface area contributed by atoms with Gasteiger partial charge < -0.3 is 19.5 Å². The van der Waals surface area contributed by atoms with Crippen LogP contribution in [0.3, 0.4) is 0 Å². The SMILES string of the molecule is COc1ccc(C(=O)NC[C@@H]2OCCc3ccccc32)c(OC)c1. The number of carbonyl (C=O) groups is 1. The number of carbonyl (C=O) groups excluding carboxylic acids is 1. The summed E-state index contributed by atoms with van der Waals surface area (Å²) in [5.41, 5.74) is 2.90. The second-order valence-corrected chi connectivity index (χ2v) is 5.58. The first-order valence-electron chi connectivity index (χ1n) is 7.92. The lowest BCUT2D eigenvalue weighted by atomic mass is 9.97. The molecule has 0 saturated carbocycles. The van der Waals surface area contributed by atoms with Crippen LogP contribution in [-0.4, -0.2) is 33.3 Å². The average molecular weight is 327 g/mol. The molecule has 1 aliphatic rings. The maximum absolute atomic E-state index is 12.5. The molecule has 3 rings (SSSR count). The smallest absolute Gasteiger partial charge is 0.255 e. The van der Waals surface area contributed by atoms with Crippen LogP contribution < -0.4 is 14.8 Å². The molecule has 1 atom stereocenters. The van der Waals surface area contributed by atoms with Gasteiger partial charge in [-0.15, -0.1) is 0 Å². The Kier molecular flexibility index (Phi) is 5.01. The van der Waals surface area contributed by atoms with E-state index in [0.717, 1.165) is 12.0 Å². The zero-order chi connectivity index (χ0) is 16.9. The summed E-state index contributed by atoms with van der Waals surface area (Å²) in [5.74, 6) is 0.936. The van der Waals surface area contributed by atoms with Gasteiger partial charge in [-0.3, -0.25) is 4.79 Å². The molecule has 2 aromatic carbocycles. The van der Waals surface area contributed by atoms with E-state index in [9.17, 15) is 4.79 Å². The first kappa shape index (κ1) is 16.3. The van der Waals surface area contributed by atoms with Gasteiger partial charge in [-0.1, -0.05) is 24.3 Å². The molecule has 2 aromatic rings. The molecule has 0 radical (unpaired) electrons. The summed E-state index contributed by atoms with van der Waals surface area (Å²) in [6, 6.07) is 13.3. The number of hydrogen-bond acceptors (Lipinski definition) is 4. The molecule has 126 valence electrons. The number of fused-ring (bicyclic) bond motifs is 1. The molecule has 0 spiro atoms. The highest BCUT2D eigenvalue weighted by Gasteiger charge is 2.22. The summed E-state index contributed by atoms with van der Waals surface area (Å²) in [5, 5.41) is 2.94. The first-order chi connectivity index (χ1) is 11.7. The minimum Gasteiger partial charge on any atom is -0.497 e. The van der Waals surface area contributed by atoms with Crippen molar-refractivity contribution in [1.82, 2.24) is 5.32 Å². The maximum atomic E-state index is 12.5. The predicted octanol–water partition coefficient (Wildman–Crippen LogP) is 2.75. The Labute approximate surface area is 141 Å². The van der Waals surface area contributed by atoms with Gasteiger partial charge in [-0.25, -0.2) is 0 Å². The number of amides is 1. The van der Waals surface area contributed by atoms with Crippen molar-refractivity contribution in [3.05, 3.63) is 59.2 Å². The van der Waals surface area contributed by atoms with E-state index >= 15 is 0 Å². The standard InChI is InChI=1S/C19H21NO4/c1-22-14-7-8-16(17(11-14)23-2)19(21)20-12-18-15-6-4-3-5-13(15)9-10-24-18/h3-8,11,18H,9-10,12H2,1-2H3,(H,20,21)/t18-/m0/s1. The summed E-state index contributed by atoms with van der Waals surface area (Å²) in [4.78, 5) is 12.5. The molecule has 1 N–H and O–H groups in total. The number of methoxy groups -OCH3 is 2. The lowest BCUT2D eigenvalue weighted by Gasteiger charge is -2.26. The van der Waals surface area contributed by atoms with E-state index in [-0.39, 0.29) is 12.0 Å². The molecule has 5 nitrogen and oxygen atoms in total. The number of ether oxygens (including phenoxy) is 3. The van der Waals surface area contributed by atoms with Crippen molar-refractivity contribution in [2.24, 2.45) is 0 Å². The molecule has 1 aliphatic heterocycles. The van der Waals surface area contributed by atoms with Gasteiger partial charge >= 0.3 is 0 Å². The van der Waals surface area contributed by atoms with Gasteiger partial charge in [-0.2, -0.15) is 0 Å². The Morgan fingerprint density at radius 2 is 2.04 bits per heavy atom. The van der Waals surface area contributed by atoms with E-state index in [2.05, 4.69) is 17.4 Å². The predicted molar refractivity (Wildman–Crippen MR) is 90.7 cm³/mol. The lowest BCUT2D eigenvalue weighted by molar-refractivity contribution is 0.0411. The summed E-state index contributed by atoms with van der Waals surface area (Å²) >= 11 is 0. The zero-order valence-corrected chi connectivity index (χ0v) is 13.9. The van der Waals surface area contributed by atoms with Crippen molar-refractivity contribution in [2.75, 3.05) is 27.4 Å². The van der Waals surface area contributed by atoms with Crippen molar-refractivity contribution in [1.29, 1.82) is 0 Å². The summed E-state index contributed by atoms with van der Waals surface area (Å²) in [6.07, 6.45) is 0.788. The minimum atomic E-state index is -0.193. The monoisotopic (exact) mass is 327 g/mol. The Morgan fingerprint density at radius 1 is 1.21 bits per heavy atom. The van der Waals surface area contributed by atoms with Crippen molar-refractivity contribution < 1.29 is 19.0 Å².